The summed E-state index contributed by atoms with van der Waals surface area (Å²) < 4.78 is 4.68. The third kappa shape index (κ3) is 1.81. The molecule has 0 fully saturated rings. The minimum absolute atomic E-state index is 0.206. The summed E-state index contributed by atoms with van der Waals surface area (Å²) in [5.74, 6) is -0.206. The maximum Gasteiger partial charge on any atom is 0.310 e. The lowest BCUT2D eigenvalue weighted by molar-refractivity contribution is -0.139. The van der Waals surface area contributed by atoms with E-state index in [2.05, 4.69) is 22.7 Å². The summed E-state index contributed by atoms with van der Waals surface area (Å²) >= 11 is 0. The van der Waals surface area contributed by atoms with Gasteiger partial charge in [-0.05, 0) is 17.5 Å². The van der Waals surface area contributed by atoms with E-state index in [1.807, 2.05) is 18.3 Å². The van der Waals surface area contributed by atoms with Gasteiger partial charge in [0, 0.05) is 17.1 Å². The summed E-state index contributed by atoms with van der Waals surface area (Å²) in [5, 5.41) is 1.12. The number of H-pyrrole nitrogens is 1. The van der Waals surface area contributed by atoms with Crippen LogP contribution in [0.5, 0.6) is 0 Å². The van der Waals surface area contributed by atoms with Crippen LogP contribution in [0.25, 0.3) is 10.9 Å². The predicted molar refractivity (Wildman–Crippen MR) is 63.4 cm³/mol. The number of para-hydroxylation sites is 1. The van der Waals surface area contributed by atoms with Crippen LogP contribution in [-0.2, 0) is 22.4 Å². The maximum absolute atomic E-state index is 11.2. The SMILES string of the molecule is CCc1cccc2c(CC(=O)OC)c[nH]c12. The highest BCUT2D eigenvalue weighted by atomic mass is 16.5. The molecule has 0 spiro atoms. The highest BCUT2D eigenvalue weighted by Crippen LogP contribution is 2.22. The number of rotatable bonds is 3. The fourth-order valence-corrected chi connectivity index (χ4v) is 1.94. The van der Waals surface area contributed by atoms with Crippen LogP contribution in [-0.4, -0.2) is 18.1 Å². The molecule has 16 heavy (non-hydrogen) atoms. The zero-order valence-electron chi connectivity index (χ0n) is 9.54. The summed E-state index contributed by atoms with van der Waals surface area (Å²) in [6.07, 6.45) is 3.19. The van der Waals surface area contributed by atoms with Crippen molar-refractivity contribution in [2.45, 2.75) is 19.8 Å². The van der Waals surface area contributed by atoms with Crippen molar-refractivity contribution in [3.05, 3.63) is 35.5 Å². The minimum atomic E-state index is -0.206. The summed E-state index contributed by atoms with van der Waals surface area (Å²) in [5.41, 5.74) is 3.40. The maximum atomic E-state index is 11.2. The quantitative estimate of drug-likeness (QED) is 0.802. The number of carbonyl (C=O) groups excluding carboxylic acids is 1. The lowest BCUT2D eigenvalue weighted by atomic mass is 10.1. The zero-order valence-corrected chi connectivity index (χ0v) is 9.54. The van der Waals surface area contributed by atoms with Gasteiger partial charge in [-0.25, -0.2) is 0 Å². The molecule has 0 radical (unpaired) electrons. The Morgan fingerprint density at radius 3 is 2.88 bits per heavy atom. The van der Waals surface area contributed by atoms with E-state index >= 15 is 0 Å². The first-order valence-electron chi connectivity index (χ1n) is 5.41. The molecule has 0 saturated carbocycles. The number of benzene rings is 1. The van der Waals surface area contributed by atoms with Crippen molar-refractivity contribution >= 4 is 16.9 Å². The van der Waals surface area contributed by atoms with Crippen molar-refractivity contribution in [1.82, 2.24) is 4.98 Å². The highest BCUT2D eigenvalue weighted by molar-refractivity contribution is 5.89. The van der Waals surface area contributed by atoms with Gasteiger partial charge in [-0.15, -0.1) is 0 Å². The summed E-state index contributed by atoms with van der Waals surface area (Å²) in [6, 6.07) is 6.15. The third-order valence-electron chi connectivity index (χ3n) is 2.83. The number of ether oxygens (including phenoxy) is 1. The molecule has 0 atom stereocenters. The van der Waals surface area contributed by atoms with Crippen molar-refractivity contribution in [2.24, 2.45) is 0 Å². The monoisotopic (exact) mass is 217 g/mol. The Hall–Kier alpha value is -1.77. The van der Waals surface area contributed by atoms with Crippen molar-refractivity contribution in [1.29, 1.82) is 0 Å². The van der Waals surface area contributed by atoms with Crippen molar-refractivity contribution in [3.63, 3.8) is 0 Å². The van der Waals surface area contributed by atoms with Gasteiger partial charge in [-0.1, -0.05) is 25.1 Å². The largest absolute Gasteiger partial charge is 0.469 e. The van der Waals surface area contributed by atoms with Crippen LogP contribution in [0.3, 0.4) is 0 Å². The van der Waals surface area contributed by atoms with Crippen molar-refractivity contribution < 1.29 is 9.53 Å². The Bertz CT molecular complexity index is 514. The average Bonchev–Trinajstić information content (AvgIpc) is 2.72. The molecule has 2 rings (SSSR count). The second-order valence-corrected chi connectivity index (χ2v) is 3.76. The lowest BCUT2D eigenvalue weighted by Crippen LogP contribution is -2.03. The molecule has 0 aliphatic heterocycles. The molecule has 2 aromatic rings. The first-order valence-corrected chi connectivity index (χ1v) is 5.41. The third-order valence-corrected chi connectivity index (χ3v) is 2.83. The van der Waals surface area contributed by atoms with Gasteiger partial charge in [-0.2, -0.15) is 0 Å². The number of hydrogen-bond donors (Lipinski definition) is 1. The zero-order chi connectivity index (χ0) is 11.5. The number of hydrogen-bond acceptors (Lipinski definition) is 2. The normalized spacial score (nSPS) is 10.6. The van der Waals surface area contributed by atoms with E-state index in [-0.39, 0.29) is 5.97 Å². The molecule has 84 valence electrons. The van der Waals surface area contributed by atoms with Gasteiger partial charge in [0.15, 0.2) is 0 Å². The average molecular weight is 217 g/mol. The lowest BCUT2D eigenvalue weighted by Gasteiger charge is -2.00. The molecule has 0 bridgehead atoms. The van der Waals surface area contributed by atoms with Crippen LogP contribution in [0.2, 0.25) is 0 Å². The van der Waals surface area contributed by atoms with Crippen LogP contribution in [0, 0.1) is 0 Å². The highest BCUT2D eigenvalue weighted by Gasteiger charge is 2.10. The van der Waals surface area contributed by atoms with Gasteiger partial charge in [-0.3, -0.25) is 4.79 Å². The van der Waals surface area contributed by atoms with Gasteiger partial charge in [0.2, 0.25) is 0 Å². The molecule has 1 aromatic heterocycles. The van der Waals surface area contributed by atoms with E-state index in [9.17, 15) is 4.79 Å². The second-order valence-electron chi connectivity index (χ2n) is 3.76. The van der Waals surface area contributed by atoms with Crippen LogP contribution in [0.15, 0.2) is 24.4 Å². The van der Waals surface area contributed by atoms with Crippen LogP contribution >= 0.6 is 0 Å². The predicted octanol–water partition coefficient (Wildman–Crippen LogP) is 2.45. The smallest absolute Gasteiger partial charge is 0.310 e. The number of aromatic nitrogens is 1. The van der Waals surface area contributed by atoms with Crippen LogP contribution < -0.4 is 0 Å². The molecular formula is C13H15NO2. The van der Waals surface area contributed by atoms with E-state index in [1.165, 1.54) is 12.7 Å². The molecule has 1 heterocycles. The van der Waals surface area contributed by atoms with Crippen LogP contribution in [0.1, 0.15) is 18.1 Å². The van der Waals surface area contributed by atoms with E-state index in [0.717, 1.165) is 22.9 Å². The van der Waals surface area contributed by atoms with Gasteiger partial charge in [0.1, 0.15) is 0 Å². The number of nitrogens with one attached hydrogen (secondary N) is 1. The summed E-state index contributed by atoms with van der Waals surface area (Å²) in [7, 11) is 1.41. The fourth-order valence-electron chi connectivity index (χ4n) is 1.94. The molecule has 0 saturated heterocycles. The topological polar surface area (TPSA) is 42.1 Å². The van der Waals surface area contributed by atoms with E-state index in [4.69, 9.17) is 0 Å². The molecule has 3 heteroatoms. The standard InChI is InChI=1S/C13H15NO2/c1-3-9-5-4-6-11-10(7-12(15)16-2)8-14-13(9)11/h4-6,8,14H,3,7H2,1-2H3. The molecule has 1 N–H and O–H groups in total. The van der Waals surface area contributed by atoms with E-state index in [1.54, 1.807) is 0 Å². The van der Waals surface area contributed by atoms with Gasteiger partial charge in [0.25, 0.3) is 0 Å². The number of fused-ring (bicyclic) bond motifs is 1. The number of aromatic amines is 1. The minimum Gasteiger partial charge on any atom is -0.469 e. The molecule has 3 nitrogen and oxygen atoms in total. The molecule has 0 aliphatic rings. The molecular weight excluding hydrogens is 202 g/mol. The van der Waals surface area contributed by atoms with Gasteiger partial charge >= 0.3 is 5.97 Å². The summed E-state index contributed by atoms with van der Waals surface area (Å²) in [4.78, 5) is 14.5. The Balaban J connectivity index is 2.45. The van der Waals surface area contributed by atoms with Crippen LogP contribution in [0.4, 0.5) is 0 Å². The Labute approximate surface area is 94.4 Å². The first kappa shape index (κ1) is 10.7. The first-order chi connectivity index (χ1) is 7.76. The van der Waals surface area contributed by atoms with E-state index in [0.29, 0.717) is 6.42 Å². The molecule has 0 aliphatic carbocycles. The second kappa shape index (κ2) is 4.39. The van der Waals surface area contributed by atoms with Gasteiger partial charge in [0.05, 0.1) is 13.5 Å². The Kier molecular flexibility index (Phi) is 2.95. The van der Waals surface area contributed by atoms with Crippen molar-refractivity contribution in [3.8, 4) is 0 Å². The Morgan fingerprint density at radius 1 is 1.38 bits per heavy atom. The molecule has 0 unspecified atom stereocenters. The van der Waals surface area contributed by atoms with E-state index < -0.39 is 0 Å². The Morgan fingerprint density at radius 2 is 2.19 bits per heavy atom. The molecule has 0 amide bonds. The number of methoxy groups -OCH3 is 1. The number of esters is 1. The molecule has 1 aromatic carbocycles. The summed E-state index contributed by atoms with van der Waals surface area (Å²) in [6.45, 7) is 2.12. The van der Waals surface area contributed by atoms with Crippen molar-refractivity contribution in [2.75, 3.05) is 7.11 Å². The van der Waals surface area contributed by atoms with Gasteiger partial charge < -0.3 is 9.72 Å². The fraction of sp³-hybridized carbons (Fsp3) is 0.308. The number of aryl methyl sites for hydroxylation is 1. The number of carbonyl (C=O) groups is 1.